The number of hydrogen-bond acceptors (Lipinski definition) is 11. The molecule has 0 aliphatic heterocycles. The van der Waals surface area contributed by atoms with Crippen LogP contribution in [0.15, 0.2) is 85.1 Å². The fourth-order valence-electron chi connectivity index (χ4n) is 5.45. The number of ether oxygens (including phenoxy) is 2. The average Bonchev–Trinajstić information content (AvgIpc) is 3.23. The van der Waals surface area contributed by atoms with Crippen molar-refractivity contribution in [3.63, 3.8) is 0 Å². The van der Waals surface area contributed by atoms with Gasteiger partial charge < -0.3 is 34.4 Å². The number of unbranched alkanes of at least 4 members (excludes halogenated alkanes) is 11. The van der Waals surface area contributed by atoms with Gasteiger partial charge in [-0.2, -0.15) is 0 Å². The molecule has 14 nitrogen and oxygen atoms in total. The van der Waals surface area contributed by atoms with Crippen molar-refractivity contribution in [2.24, 2.45) is 0 Å². The van der Waals surface area contributed by atoms with Crippen molar-refractivity contribution in [3.05, 3.63) is 85.1 Å². The van der Waals surface area contributed by atoms with Gasteiger partial charge >= 0.3 is 27.6 Å². The van der Waals surface area contributed by atoms with Gasteiger partial charge in [-0.25, -0.2) is 9.13 Å². The second kappa shape index (κ2) is 41.0. The summed E-state index contributed by atoms with van der Waals surface area (Å²) in [7, 11) is -9.72. The van der Waals surface area contributed by atoms with Crippen molar-refractivity contribution in [3.8, 4) is 0 Å². The minimum atomic E-state index is -4.88. The number of aliphatic hydroxyl groups is 2. The molecule has 62 heavy (non-hydrogen) atoms. The first-order valence-electron chi connectivity index (χ1n) is 22.4. The van der Waals surface area contributed by atoms with Crippen LogP contribution in [0.5, 0.6) is 0 Å². The first-order valence-corrected chi connectivity index (χ1v) is 25.4. The van der Waals surface area contributed by atoms with Crippen molar-refractivity contribution in [1.82, 2.24) is 0 Å². The van der Waals surface area contributed by atoms with E-state index in [1.54, 1.807) is 6.08 Å². The number of esters is 2. The summed E-state index contributed by atoms with van der Waals surface area (Å²) in [6.07, 6.45) is 43.4. The smallest absolute Gasteiger partial charge is 0.462 e. The highest BCUT2D eigenvalue weighted by atomic mass is 31.2. The van der Waals surface area contributed by atoms with Crippen LogP contribution in [0.25, 0.3) is 0 Å². The maximum atomic E-state index is 12.6. The van der Waals surface area contributed by atoms with Crippen LogP contribution in [0.2, 0.25) is 0 Å². The Balaban J connectivity index is 4.68. The molecule has 0 radical (unpaired) electrons. The number of aliphatic hydroxyl groups excluding tert-OH is 2. The van der Waals surface area contributed by atoms with Gasteiger partial charge in [0.2, 0.25) is 0 Å². The standard InChI is InChI=1S/C46H78O14P2/c1-3-5-7-8-9-10-11-12-13-16-19-22-25-28-32-36-45(49)56-40-44(41-59-62(54,55)58-39-43(48)38-57-61(51,52)53)60-46(50)37-33-29-26-23-20-17-14-15-18-21-24-27-31-35-42(47)34-30-6-4-2/h6,10-11,15,17-18,20,24,26-27,29-31,35,42-44,47-48H,3-5,7-9,12-14,16,19,21-23,25,28,32-34,36-41H2,1-2H3,(H,54,55)(H2,51,52,53)/b11-10-,18-15-,20-17-,27-24+,29-26-,30-6-,35-31+/t42?,43-,44+/m0/s1. The predicted octanol–water partition coefficient (Wildman–Crippen LogP) is 10.5. The molecule has 0 bridgehead atoms. The van der Waals surface area contributed by atoms with E-state index in [0.717, 1.165) is 51.4 Å². The third-order valence-corrected chi connectivity index (χ3v) is 10.3. The molecule has 0 spiro atoms. The fraction of sp³-hybridized carbons (Fsp3) is 0.652. The van der Waals surface area contributed by atoms with Crippen molar-refractivity contribution in [2.75, 3.05) is 26.4 Å². The van der Waals surface area contributed by atoms with Crippen LogP contribution in [-0.4, -0.2) is 81.6 Å². The lowest BCUT2D eigenvalue weighted by Crippen LogP contribution is -2.29. The molecular formula is C46H78O14P2. The Bertz CT molecular complexity index is 1430. The number of carbonyl (C=O) groups excluding carboxylic acids is 2. The summed E-state index contributed by atoms with van der Waals surface area (Å²) in [5.74, 6) is -1.16. The number of rotatable bonds is 41. The fourth-order valence-corrected chi connectivity index (χ4v) is 6.61. The Morgan fingerprint density at radius 1 is 0.548 bits per heavy atom. The quantitative estimate of drug-likeness (QED) is 0.0127. The van der Waals surface area contributed by atoms with E-state index in [9.17, 15) is 33.8 Å². The Hall–Kier alpha value is -2.74. The molecule has 0 aromatic rings. The van der Waals surface area contributed by atoms with E-state index in [0.29, 0.717) is 25.7 Å². The van der Waals surface area contributed by atoms with Crippen LogP contribution < -0.4 is 0 Å². The normalized spacial score (nSPS) is 15.3. The molecule has 0 saturated carbocycles. The van der Waals surface area contributed by atoms with Gasteiger partial charge in [0, 0.05) is 12.8 Å². The Labute approximate surface area is 371 Å². The zero-order chi connectivity index (χ0) is 46.0. The van der Waals surface area contributed by atoms with Crippen LogP contribution >= 0.6 is 15.6 Å². The minimum absolute atomic E-state index is 0.0140. The van der Waals surface area contributed by atoms with Crippen LogP contribution in [-0.2, 0) is 41.8 Å². The zero-order valence-electron chi connectivity index (χ0n) is 37.3. The molecule has 2 unspecified atom stereocenters. The molecule has 0 fully saturated rings. The lowest BCUT2D eigenvalue weighted by Gasteiger charge is -2.20. The highest BCUT2D eigenvalue weighted by molar-refractivity contribution is 7.47. The van der Waals surface area contributed by atoms with E-state index in [1.807, 2.05) is 54.7 Å². The maximum Gasteiger partial charge on any atom is 0.472 e. The van der Waals surface area contributed by atoms with Gasteiger partial charge in [-0.1, -0.05) is 150 Å². The molecular weight excluding hydrogens is 838 g/mol. The van der Waals surface area contributed by atoms with Gasteiger partial charge in [0.25, 0.3) is 0 Å². The third kappa shape index (κ3) is 43.9. The van der Waals surface area contributed by atoms with E-state index in [2.05, 4.69) is 47.2 Å². The van der Waals surface area contributed by atoms with Crippen LogP contribution in [0.4, 0.5) is 0 Å². The summed E-state index contributed by atoms with van der Waals surface area (Å²) in [4.78, 5) is 52.7. The Morgan fingerprint density at radius 2 is 1.10 bits per heavy atom. The molecule has 0 aliphatic rings. The van der Waals surface area contributed by atoms with Gasteiger partial charge in [-0.3, -0.25) is 23.2 Å². The SMILES string of the molecule is CC/C=C\CC(O)/C=C/C=C/C/C=C\C/C=C\C/C=C\CCC(=O)O[C@H](COC(=O)CCCCCCCCC/C=C\CCCCCC)COP(=O)(O)OC[C@@H](O)COP(=O)(O)O. The van der Waals surface area contributed by atoms with Crippen LogP contribution in [0.3, 0.4) is 0 Å². The third-order valence-electron chi connectivity index (χ3n) is 8.85. The summed E-state index contributed by atoms with van der Waals surface area (Å²) >= 11 is 0. The van der Waals surface area contributed by atoms with Crippen LogP contribution in [0, 0.1) is 0 Å². The lowest BCUT2D eigenvalue weighted by molar-refractivity contribution is -0.161. The summed E-state index contributed by atoms with van der Waals surface area (Å²) in [5, 5.41) is 19.6. The van der Waals surface area contributed by atoms with Gasteiger partial charge in [0.15, 0.2) is 6.10 Å². The molecule has 0 aliphatic carbocycles. The second-order valence-electron chi connectivity index (χ2n) is 14.8. The van der Waals surface area contributed by atoms with E-state index in [-0.39, 0.29) is 12.8 Å². The maximum absolute atomic E-state index is 12.6. The van der Waals surface area contributed by atoms with Crippen molar-refractivity contribution in [1.29, 1.82) is 0 Å². The molecule has 4 atom stereocenters. The first kappa shape index (κ1) is 59.3. The molecule has 0 amide bonds. The second-order valence-corrected chi connectivity index (χ2v) is 17.5. The summed E-state index contributed by atoms with van der Waals surface area (Å²) in [6, 6.07) is 0. The van der Waals surface area contributed by atoms with E-state index in [1.165, 1.54) is 44.9 Å². The number of carbonyl (C=O) groups is 2. The topological polar surface area (TPSA) is 216 Å². The molecule has 0 heterocycles. The molecule has 0 aromatic carbocycles. The molecule has 5 N–H and O–H groups in total. The molecule has 0 aromatic heterocycles. The summed E-state index contributed by atoms with van der Waals surface area (Å²) in [6.45, 7) is 1.43. The largest absolute Gasteiger partial charge is 0.472 e. The summed E-state index contributed by atoms with van der Waals surface area (Å²) < 4.78 is 47.7. The number of phosphoric acid groups is 2. The van der Waals surface area contributed by atoms with E-state index >= 15 is 0 Å². The summed E-state index contributed by atoms with van der Waals surface area (Å²) in [5.41, 5.74) is 0. The highest BCUT2D eigenvalue weighted by Gasteiger charge is 2.28. The Kier molecular flexibility index (Phi) is 39.2. The first-order chi connectivity index (χ1) is 29.8. The van der Waals surface area contributed by atoms with Crippen molar-refractivity contribution < 1.29 is 66.7 Å². The predicted molar refractivity (Wildman–Crippen MR) is 245 cm³/mol. The molecule has 0 saturated heterocycles. The molecule has 356 valence electrons. The van der Waals surface area contributed by atoms with Gasteiger partial charge in [-0.15, -0.1) is 0 Å². The van der Waals surface area contributed by atoms with Crippen molar-refractivity contribution >= 4 is 27.6 Å². The van der Waals surface area contributed by atoms with E-state index < -0.39 is 72.3 Å². The minimum Gasteiger partial charge on any atom is -0.462 e. The van der Waals surface area contributed by atoms with Gasteiger partial charge in [0.05, 0.1) is 25.9 Å². The van der Waals surface area contributed by atoms with Gasteiger partial charge in [0.1, 0.15) is 12.7 Å². The average molecular weight is 917 g/mol. The number of phosphoric ester groups is 2. The molecule has 0 rings (SSSR count). The van der Waals surface area contributed by atoms with Gasteiger partial charge in [-0.05, 0) is 70.6 Å². The zero-order valence-corrected chi connectivity index (χ0v) is 39.1. The van der Waals surface area contributed by atoms with Crippen LogP contribution in [0.1, 0.15) is 149 Å². The number of hydrogen-bond donors (Lipinski definition) is 5. The number of allylic oxidation sites excluding steroid dienone is 12. The Morgan fingerprint density at radius 3 is 1.73 bits per heavy atom. The monoisotopic (exact) mass is 916 g/mol. The lowest BCUT2D eigenvalue weighted by atomic mass is 10.1. The molecule has 16 heteroatoms. The highest BCUT2D eigenvalue weighted by Crippen LogP contribution is 2.43. The van der Waals surface area contributed by atoms with Crippen molar-refractivity contribution in [2.45, 2.75) is 167 Å². The van der Waals surface area contributed by atoms with E-state index in [4.69, 9.17) is 23.8 Å².